The Bertz CT molecular complexity index is 1470. The van der Waals surface area contributed by atoms with Crippen LogP contribution in [0.5, 0.6) is 0 Å². The number of hydrogen-bond donors (Lipinski definition) is 4. The Hall–Kier alpha value is -3.74. The number of rotatable bonds is 11. The molecule has 0 spiro atoms. The topological polar surface area (TPSA) is 169 Å². The van der Waals surface area contributed by atoms with Crippen LogP contribution in [0.2, 0.25) is 0 Å². The molecule has 230 valence electrons. The second-order valence-corrected chi connectivity index (χ2v) is 12.8. The van der Waals surface area contributed by atoms with Gasteiger partial charge < -0.3 is 30.3 Å². The number of Topliss-reactive ketones (excluding diaryl/α,β-unsaturated/α-hetero) is 1. The molecule has 2 aromatic rings. The Morgan fingerprint density at radius 1 is 1.07 bits per heavy atom. The number of carbonyl (C=O) groups excluding carboxylic acids is 5. The minimum absolute atomic E-state index is 0.0329. The lowest BCUT2D eigenvalue weighted by Crippen LogP contribution is -2.56. The molecular formula is C30H36BrN5O7. The fraction of sp³-hybridized carbons (Fsp3) is 0.533. The number of carbonyl (C=O) groups is 5. The average molecular weight is 659 g/mol. The number of ketones is 1. The molecule has 4 aliphatic rings. The van der Waals surface area contributed by atoms with E-state index in [1.807, 2.05) is 0 Å². The Morgan fingerprint density at radius 2 is 1.74 bits per heavy atom. The van der Waals surface area contributed by atoms with Crippen LogP contribution in [-0.4, -0.2) is 53.1 Å². The van der Waals surface area contributed by atoms with Crippen LogP contribution in [0.1, 0.15) is 61.1 Å². The van der Waals surface area contributed by atoms with Crippen LogP contribution in [0.3, 0.4) is 0 Å². The van der Waals surface area contributed by atoms with E-state index in [1.54, 1.807) is 19.1 Å². The highest BCUT2D eigenvalue weighted by molar-refractivity contribution is 9.10. The van der Waals surface area contributed by atoms with Crippen molar-refractivity contribution in [1.29, 1.82) is 0 Å². The van der Waals surface area contributed by atoms with Crippen LogP contribution in [0.15, 0.2) is 38.3 Å². The first-order chi connectivity index (χ1) is 20.5. The number of pyridine rings is 1. The highest BCUT2D eigenvalue weighted by Crippen LogP contribution is 2.53. The number of anilines is 1. The molecule has 13 heteroatoms. The molecule has 12 nitrogen and oxygen atoms in total. The zero-order chi connectivity index (χ0) is 30.8. The summed E-state index contributed by atoms with van der Waals surface area (Å²) in [6, 6.07) is 3.39. The van der Waals surface area contributed by atoms with Crippen LogP contribution in [0, 0.1) is 30.6 Å². The summed E-state index contributed by atoms with van der Waals surface area (Å²) in [7, 11) is 1.31. The molecule has 4 N–H and O–H groups in total. The van der Waals surface area contributed by atoms with Gasteiger partial charge in [-0.05, 0) is 103 Å². The standard InChI is InChI=1S/C30H36BrN5O7/c1-15-8-23(31)43-26(15)29(41)33-20(5-6-22(37)28(40)32-2)27(39)34-21-4-3-7-36(30(21)42)14-24(38)35-25-18-10-16-9-17(12-18)13-19(25)11-16/h3-4,7-8,16-20,25H,5-6,9-14H2,1-2H3,(H,32,40)(H,33,41)(H,34,39)(H,35,38)/t16?,17?,18?,19?,20-,25?/m0/s1. The summed E-state index contributed by atoms with van der Waals surface area (Å²) in [6.07, 6.45) is 6.88. The predicted molar refractivity (Wildman–Crippen MR) is 159 cm³/mol. The summed E-state index contributed by atoms with van der Waals surface area (Å²) in [5, 5.41) is 10.5. The molecule has 43 heavy (non-hydrogen) atoms. The quantitative estimate of drug-likeness (QED) is 0.269. The molecule has 0 saturated heterocycles. The van der Waals surface area contributed by atoms with E-state index in [4.69, 9.17) is 4.42 Å². The van der Waals surface area contributed by atoms with E-state index in [1.165, 1.54) is 30.3 Å². The van der Waals surface area contributed by atoms with Gasteiger partial charge in [-0.15, -0.1) is 0 Å². The lowest BCUT2D eigenvalue weighted by Gasteiger charge is -2.54. The highest BCUT2D eigenvalue weighted by Gasteiger charge is 2.48. The molecule has 0 aromatic carbocycles. The highest BCUT2D eigenvalue weighted by atomic mass is 79.9. The van der Waals surface area contributed by atoms with Gasteiger partial charge in [0.05, 0.1) is 0 Å². The number of hydrogen-bond acceptors (Lipinski definition) is 7. The molecule has 4 bridgehead atoms. The zero-order valence-corrected chi connectivity index (χ0v) is 25.7. The summed E-state index contributed by atoms with van der Waals surface area (Å²) < 4.78 is 6.92. The normalized spacial score (nSPS) is 24.2. The van der Waals surface area contributed by atoms with E-state index in [9.17, 15) is 28.8 Å². The van der Waals surface area contributed by atoms with Crippen molar-refractivity contribution in [2.75, 3.05) is 12.4 Å². The van der Waals surface area contributed by atoms with Crippen molar-refractivity contribution >= 4 is 51.0 Å². The molecule has 2 heterocycles. The van der Waals surface area contributed by atoms with Crippen LogP contribution in [0.4, 0.5) is 5.69 Å². The van der Waals surface area contributed by atoms with Crippen molar-refractivity contribution in [1.82, 2.24) is 20.5 Å². The van der Waals surface area contributed by atoms with Crippen molar-refractivity contribution in [3.05, 3.63) is 50.7 Å². The van der Waals surface area contributed by atoms with Crippen molar-refractivity contribution < 1.29 is 28.4 Å². The predicted octanol–water partition coefficient (Wildman–Crippen LogP) is 2.29. The Balaban J connectivity index is 1.25. The molecule has 0 radical (unpaired) electrons. The SMILES string of the molecule is CNC(=O)C(=O)CC[C@H](NC(=O)c1oc(Br)cc1C)C(=O)Nc1cccn(CC(=O)NC2C3CC4CC(C3)CC2C4)c1=O. The zero-order valence-electron chi connectivity index (χ0n) is 24.1. The third-order valence-electron chi connectivity index (χ3n) is 9.00. The Labute approximate surface area is 256 Å². The van der Waals surface area contributed by atoms with Gasteiger partial charge in [0, 0.05) is 31.3 Å². The number of halogens is 1. The fourth-order valence-corrected chi connectivity index (χ4v) is 7.72. The van der Waals surface area contributed by atoms with E-state index in [0.29, 0.717) is 22.1 Å². The molecule has 4 saturated carbocycles. The number of nitrogens with one attached hydrogen (secondary N) is 4. The molecule has 6 rings (SSSR count). The van der Waals surface area contributed by atoms with Gasteiger partial charge in [-0.25, -0.2) is 0 Å². The largest absolute Gasteiger partial charge is 0.444 e. The van der Waals surface area contributed by atoms with Crippen LogP contribution in [0.25, 0.3) is 0 Å². The van der Waals surface area contributed by atoms with Crippen molar-refractivity contribution in [2.45, 2.75) is 70.5 Å². The minimum Gasteiger partial charge on any atom is -0.444 e. The van der Waals surface area contributed by atoms with E-state index >= 15 is 0 Å². The van der Waals surface area contributed by atoms with Crippen LogP contribution >= 0.6 is 15.9 Å². The lowest BCUT2D eigenvalue weighted by molar-refractivity contribution is -0.137. The maximum Gasteiger partial charge on any atom is 0.287 e. The minimum atomic E-state index is -1.28. The first-order valence-electron chi connectivity index (χ1n) is 14.6. The Morgan fingerprint density at radius 3 is 2.35 bits per heavy atom. The van der Waals surface area contributed by atoms with Gasteiger partial charge in [-0.3, -0.25) is 28.8 Å². The molecule has 0 aliphatic heterocycles. The molecule has 4 fully saturated rings. The van der Waals surface area contributed by atoms with Crippen molar-refractivity contribution in [3.8, 4) is 0 Å². The average Bonchev–Trinajstić information content (AvgIpc) is 3.31. The van der Waals surface area contributed by atoms with Crippen molar-refractivity contribution in [3.63, 3.8) is 0 Å². The van der Waals surface area contributed by atoms with Crippen molar-refractivity contribution in [2.24, 2.45) is 23.7 Å². The van der Waals surface area contributed by atoms with E-state index in [2.05, 4.69) is 37.2 Å². The smallest absolute Gasteiger partial charge is 0.287 e. The monoisotopic (exact) mass is 657 g/mol. The van der Waals surface area contributed by atoms with Gasteiger partial charge in [0.2, 0.25) is 17.6 Å². The first-order valence-corrected chi connectivity index (χ1v) is 15.4. The number of amides is 4. The maximum absolute atomic E-state index is 13.3. The third kappa shape index (κ3) is 6.92. The van der Waals surface area contributed by atoms with Gasteiger partial charge in [0.25, 0.3) is 17.4 Å². The number of furan rings is 1. The first kappa shape index (κ1) is 30.7. The van der Waals surface area contributed by atoms with Gasteiger partial charge >= 0.3 is 0 Å². The van der Waals surface area contributed by atoms with Crippen LogP contribution in [-0.2, 0) is 25.7 Å². The lowest BCUT2D eigenvalue weighted by atomic mass is 9.54. The fourth-order valence-electron chi connectivity index (χ4n) is 7.21. The number of nitrogens with zero attached hydrogens (tertiary/aromatic N) is 1. The van der Waals surface area contributed by atoms with Gasteiger partial charge in [0.15, 0.2) is 10.4 Å². The molecule has 1 atom stereocenters. The molecule has 4 amide bonds. The molecule has 0 unspecified atom stereocenters. The van der Waals surface area contributed by atoms with Gasteiger partial charge in [0.1, 0.15) is 18.3 Å². The third-order valence-corrected chi connectivity index (χ3v) is 9.39. The molecular weight excluding hydrogens is 622 g/mol. The summed E-state index contributed by atoms with van der Waals surface area (Å²) in [6.45, 7) is 1.46. The number of aryl methyl sites for hydroxylation is 1. The van der Waals surface area contributed by atoms with E-state index < -0.39 is 35.1 Å². The summed E-state index contributed by atoms with van der Waals surface area (Å²) >= 11 is 3.16. The Kier molecular flexibility index (Phi) is 9.19. The number of likely N-dealkylation sites (N-methyl/N-ethyl adjacent to an activating group) is 1. The van der Waals surface area contributed by atoms with Gasteiger partial charge in [-0.1, -0.05) is 0 Å². The number of aromatic nitrogens is 1. The van der Waals surface area contributed by atoms with Gasteiger partial charge in [-0.2, -0.15) is 0 Å². The maximum atomic E-state index is 13.3. The van der Waals surface area contributed by atoms with E-state index in [-0.39, 0.29) is 42.8 Å². The van der Waals surface area contributed by atoms with Crippen LogP contribution < -0.4 is 26.8 Å². The summed E-state index contributed by atoms with van der Waals surface area (Å²) in [5.41, 5.74) is -0.167. The second kappa shape index (κ2) is 12.9. The second-order valence-electron chi connectivity index (χ2n) is 12.0. The summed E-state index contributed by atoms with van der Waals surface area (Å²) in [5.74, 6) is -0.801. The van der Waals surface area contributed by atoms with E-state index in [0.717, 1.165) is 37.5 Å². The molecule has 4 aliphatic carbocycles. The molecule has 2 aromatic heterocycles. The summed E-state index contributed by atoms with van der Waals surface area (Å²) in [4.78, 5) is 76.3.